The van der Waals surface area contributed by atoms with Gasteiger partial charge < -0.3 is 9.13 Å². The van der Waals surface area contributed by atoms with Crippen LogP contribution in [0.3, 0.4) is 0 Å². The second kappa shape index (κ2) is 4.57. The topological polar surface area (TPSA) is 39.8 Å². The highest BCUT2D eigenvalue weighted by molar-refractivity contribution is 5.97. The zero-order valence-electron chi connectivity index (χ0n) is 10.4. The Morgan fingerprint density at radius 2 is 2.24 bits per heavy atom. The molecule has 0 radical (unpaired) electrons. The van der Waals surface area contributed by atoms with Gasteiger partial charge >= 0.3 is 0 Å². The minimum atomic E-state index is 0.0440. The number of carbonyl (C=O) groups excluding carboxylic acids is 1. The summed E-state index contributed by atoms with van der Waals surface area (Å²) in [6.07, 6.45) is 7.45. The Kier molecular flexibility index (Phi) is 3.13. The first-order valence-electron chi connectivity index (χ1n) is 5.73. The van der Waals surface area contributed by atoms with Crippen molar-refractivity contribution in [3.05, 3.63) is 42.2 Å². The summed E-state index contributed by atoms with van der Waals surface area (Å²) in [4.78, 5) is 15.9. The largest absolute Gasteiger partial charge is 0.348 e. The Hall–Kier alpha value is -1.84. The summed E-state index contributed by atoms with van der Waals surface area (Å²) >= 11 is 0. The molecule has 17 heavy (non-hydrogen) atoms. The van der Waals surface area contributed by atoms with Gasteiger partial charge in [-0.05, 0) is 6.07 Å². The number of hydrogen-bond donors (Lipinski definition) is 0. The molecule has 0 spiro atoms. The lowest BCUT2D eigenvalue weighted by atomic mass is 10.0. The maximum atomic E-state index is 11.8. The summed E-state index contributed by atoms with van der Waals surface area (Å²) < 4.78 is 3.98. The van der Waals surface area contributed by atoms with Crippen molar-refractivity contribution in [3.8, 4) is 0 Å². The van der Waals surface area contributed by atoms with Crippen molar-refractivity contribution in [2.75, 3.05) is 0 Å². The fourth-order valence-corrected chi connectivity index (χ4v) is 1.74. The van der Waals surface area contributed by atoms with E-state index < -0.39 is 0 Å². The van der Waals surface area contributed by atoms with E-state index in [4.69, 9.17) is 0 Å². The average molecular weight is 231 g/mol. The van der Waals surface area contributed by atoms with Crippen LogP contribution in [-0.2, 0) is 13.6 Å². The van der Waals surface area contributed by atoms with Crippen molar-refractivity contribution in [2.45, 2.75) is 20.4 Å². The van der Waals surface area contributed by atoms with E-state index in [9.17, 15) is 4.79 Å². The quantitative estimate of drug-likeness (QED) is 0.756. The van der Waals surface area contributed by atoms with Gasteiger partial charge in [-0.15, -0.1) is 0 Å². The Balaban J connectivity index is 2.14. The number of rotatable bonds is 4. The minimum absolute atomic E-state index is 0.0440. The Bertz CT molecular complexity index is 522. The van der Waals surface area contributed by atoms with Crippen LogP contribution < -0.4 is 0 Å². The lowest BCUT2D eigenvalue weighted by Gasteiger charge is -2.04. The molecule has 0 saturated carbocycles. The minimum Gasteiger partial charge on any atom is -0.348 e. The van der Waals surface area contributed by atoms with Gasteiger partial charge in [0.25, 0.3) is 0 Å². The SMILES string of the molecule is CC(C)C(=O)c1ccn(Cc2cncn2C)c1. The van der Waals surface area contributed by atoms with Gasteiger partial charge in [-0.2, -0.15) is 0 Å². The molecule has 0 aromatic carbocycles. The van der Waals surface area contributed by atoms with E-state index in [1.165, 1.54) is 0 Å². The molecule has 0 bridgehead atoms. The molecule has 2 aromatic heterocycles. The third-order valence-corrected chi connectivity index (χ3v) is 2.82. The second-order valence-corrected chi connectivity index (χ2v) is 4.59. The Morgan fingerprint density at radius 1 is 1.47 bits per heavy atom. The summed E-state index contributed by atoms with van der Waals surface area (Å²) in [5, 5.41) is 0. The third kappa shape index (κ3) is 2.46. The zero-order valence-corrected chi connectivity index (χ0v) is 10.4. The van der Waals surface area contributed by atoms with Crippen LogP contribution in [0.25, 0.3) is 0 Å². The number of ketones is 1. The molecule has 0 aliphatic carbocycles. The van der Waals surface area contributed by atoms with Crippen molar-refractivity contribution in [1.29, 1.82) is 0 Å². The summed E-state index contributed by atoms with van der Waals surface area (Å²) in [6, 6.07) is 1.87. The highest BCUT2D eigenvalue weighted by Crippen LogP contribution is 2.10. The van der Waals surface area contributed by atoms with Gasteiger partial charge in [0.1, 0.15) is 0 Å². The van der Waals surface area contributed by atoms with E-state index >= 15 is 0 Å². The first kappa shape index (κ1) is 11.6. The fourth-order valence-electron chi connectivity index (χ4n) is 1.74. The Labute approximate surface area is 101 Å². The maximum Gasteiger partial charge on any atom is 0.166 e. The zero-order chi connectivity index (χ0) is 12.4. The van der Waals surface area contributed by atoms with Gasteiger partial charge in [0.05, 0.1) is 18.6 Å². The van der Waals surface area contributed by atoms with Gasteiger partial charge in [0.2, 0.25) is 0 Å². The van der Waals surface area contributed by atoms with Crippen LogP contribution in [0.15, 0.2) is 31.0 Å². The molecule has 90 valence electrons. The second-order valence-electron chi connectivity index (χ2n) is 4.59. The number of carbonyl (C=O) groups is 1. The van der Waals surface area contributed by atoms with Gasteiger partial charge in [-0.1, -0.05) is 13.8 Å². The number of nitrogens with zero attached hydrogens (tertiary/aromatic N) is 3. The lowest BCUT2D eigenvalue weighted by Crippen LogP contribution is -2.07. The maximum absolute atomic E-state index is 11.8. The number of aromatic nitrogens is 3. The molecule has 2 aromatic rings. The van der Waals surface area contributed by atoms with E-state index in [1.807, 2.05) is 54.7 Å². The molecule has 0 unspecified atom stereocenters. The van der Waals surface area contributed by atoms with Crippen LogP contribution in [-0.4, -0.2) is 19.9 Å². The molecule has 2 heterocycles. The molecule has 0 aliphatic heterocycles. The van der Waals surface area contributed by atoms with Crippen molar-refractivity contribution in [1.82, 2.24) is 14.1 Å². The van der Waals surface area contributed by atoms with Crippen molar-refractivity contribution < 1.29 is 4.79 Å². The molecule has 4 heteroatoms. The van der Waals surface area contributed by atoms with E-state index in [1.54, 1.807) is 6.33 Å². The molecule has 0 fully saturated rings. The number of hydrogen-bond acceptors (Lipinski definition) is 2. The predicted octanol–water partition coefficient (Wildman–Crippen LogP) is 2.11. The standard InChI is InChI=1S/C13H17N3O/c1-10(2)13(17)11-4-5-16(7-11)8-12-6-14-9-15(12)3/h4-7,9-10H,8H2,1-3H3. The van der Waals surface area contributed by atoms with E-state index in [0.29, 0.717) is 0 Å². The van der Waals surface area contributed by atoms with Crippen LogP contribution in [0.4, 0.5) is 0 Å². The lowest BCUT2D eigenvalue weighted by molar-refractivity contribution is 0.0939. The smallest absolute Gasteiger partial charge is 0.166 e. The van der Waals surface area contributed by atoms with E-state index in [2.05, 4.69) is 4.98 Å². The number of imidazole rings is 1. The number of aryl methyl sites for hydroxylation is 1. The van der Waals surface area contributed by atoms with Gasteiger partial charge in [-0.3, -0.25) is 4.79 Å². The van der Waals surface area contributed by atoms with E-state index in [0.717, 1.165) is 17.8 Å². The molecule has 0 saturated heterocycles. The molecule has 0 amide bonds. The summed E-state index contributed by atoms with van der Waals surface area (Å²) in [7, 11) is 1.96. The van der Waals surface area contributed by atoms with Crippen LogP contribution in [0.2, 0.25) is 0 Å². The highest BCUT2D eigenvalue weighted by atomic mass is 16.1. The van der Waals surface area contributed by atoms with E-state index in [-0.39, 0.29) is 11.7 Å². The molecular weight excluding hydrogens is 214 g/mol. The first-order chi connectivity index (χ1) is 8.08. The van der Waals surface area contributed by atoms with Gasteiger partial charge in [-0.25, -0.2) is 4.98 Å². The van der Waals surface area contributed by atoms with Crippen LogP contribution in [0.1, 0.15) is 29.9 Å². The summed E-state index contributed by atoms with van der Waals surface area (Å²) in [6.45, 7) is 4.57. The van der Waals surface area contributed by atoms with Crippen LogP contribution in [0, 0.1) is 5.92 Å². The van der Waals surface area contributed by atoms with Crippen LogP contribution >= 0.6 is 0 Å². The van der Waals surface area contributed by atoms with Crippen molar-refractivity contribution in [2.24, 2.45) is 13.0 Å². The van der Waals surface area contributed by atoms with Crippen molar-refractivity contribution in [3.63, 3.8) is 0 Å². The molecule has 2 rings (SSSR count). The highest BCUT2D eigenvalue weighted by Gasteiger charge is 2.11. The van der Waals surface area contributed by atoms with Gasteiger partial charge in [0.15, 0.2) is 5.78 Å². The first-order valence-corrected chi connectivity index (χ1v) is 5.73. The molecule has 0 N–H and O–H groups in total. The van der Waals surface area contributed by atoms with Crippen LogP contribution in [0.5, 0.6) is 0 Å². The molecular formula is C13H17N3O. The summed E-state index contributed by atoms with van der Waals surface area (Å²) in [5.41, 5.74) is 1.89. The van der Waals surface area contributed by atoms with Crippen molar-refractivity contribution >= 4 is 5.78 Å². The van der Waals surface area contributed by atoms with Gasteiger partial charge in [0, 0.05) is 37.1 Å². The molecule has 0 aliphatic rings. The molecule has 0 atom stereocenters. The third-order valence-electron chi connectivity index (χ3n) is 2.82. The number of Topliss-reactive ketones (excluding diaryl/α,β-unsaturated/α-hetero) is 1. The average Bonchev–Trinajstić information content (AvgIpc) is 2.88. The normalized spacial score (nSPS) is 11.1. The monoisotopic (exact) mass is 231 g/mol. The fraction of sp³-hybridized carbons (Fsp3) is 0.385. The Morgan fingerprint density at radius 3 is 2.82 bits per heavy atom. The molecule has 4 nitrogen and oxygen atoms in total. The predicted molar refractivity (Wildman–Crippen MR) is 65.9 cm³/mol. The summed E-state index contributed by atoms with van der Waals surface area (Å²) in [5.74, 6) is 0.233.